The smallest absolute Gasteiger partial charge is 0.271 e. The van der Waals surface area contributed by atoms with Gasteiger partial charge in [0.1, 0.15) is 11.5 Å². The molecule has 1 aliphatic carbocycles. The quantitative estimate of drug-likeness (QED) is 0.595. The lowest BCUT2D eigenvalue weighted by molar-refractivity contribution is -0.125. The maximum atomic E-state index is 12.6. The standard InChI is InChI=1S/C24H31N5O3/c25-23(32)24(8-9-24)18-5-6-21-27-20(15-29(21)13-18)22(31)26-11-19(30)14-28-10-7-16-3-1-2-4-17(16)12-28/h1-4,15,18-19,30H,5-14H2,(H2,25,32)(H,26,31)/t18?,19-/m0/s1. The number of aliphatic hydroxyl groups excluding tert-OH is 1. The number of nitrogens with two attached hydrogens (primary N) is 1. The number of fused-ring (bicyclic) bond motifs is 2. The van der Waals surface area contributed by atoms with E-state index < -0.39 is 6.10 Å². The van der Waals surface area contributed by atoms with E-state index in [4.69, 9.17) is 5.73 Å². The van der Waals surface area contributed by atoms with Crippen LogP contribution in [0.3, 0.4) is 0 Å². The van der Waals surface area contributed by atoms with Crippen molar-refractivity contribution in [2.45, 2.75) is 51.3 Å². The fourth-order valence-electron chi connectivity index (χ4n) is 5.37. The van der Waals surface area contributed by atoms with Gasteiger partial charge >= 0.3 is 0 Å². The van der Waals surface area contributed by atoms with Gasteiger partial charge in [0.25, 0.3) is 5.91 Å². The van der Waals surface area contributed by atoms with Gasteiger partial charge in [-0.25, -0.2) is 4.98 Å². The summed E-state index contributed by atoms with van der Waals surface area (Å²) in [6, 6.07) is 8.40. The Bertz CT molecular complexity index is 1030. The zero-order chi connectivity index (χ0) is 22.3. The van der Waals surface area contributed by atoms with E-state index in [2.05, 4.69) is 33.4 Å². The molecule has 32 heavy (non-hydrogen) atoms. The lowest BCUT2D eigenvalue weighted by Crippen LogP contribution is -2.42. The van der Waals surface area contributed by atoms with Crippen LogP contribution in [0, 0.1) is 11.3 Å². The second kappa shape index (κ2) is 8.33. The first-order chi connectivity index (χ1) is 15.4. The van der Waals surface area contributed by atoms with Crippen molar-refractivity contribution in [3.63, 3.8) is 0 Å². The normalized spacial score (nSPS) is 22.5. The average molecular weight is 438 g/mol. The Balaban J connectivity index is 1.13. The van der Waals surface area contributed by atoms with E-state index in [9.17, 15) is 14.7 Å². The predicted octanol–water partition coefficient (Wildman–Crippen LogP) is 0.860. The van der Waals surface area contributed by atoms with E-state index in [1.54, 1.807) is 6.20 Å². The van der Waals surface area contributed by atoms with Crippen LogP contribution in [0.2, 0.25) is 0 Å². The van der Waals surface area contributed by atoms with E-state index in [1.807, 2.05) is 10.6 Å². The first-order valence-electron chi connectivity index (χ1n) is 11.6. The van der Waals surface area contributed by atoms with Crippen LogP contribution >= 0.6 is 0 Å². The van der Waals surface area contributed by atoms with Crippen LogP contribution in [0.4, 0.5) is 0 Å². The van der Waals surface area contributed by atoms with Crippen LogP contribution in [0.5, 0.6) is 0 Å². The first-order valence-corrected chi connectivity index (χ1v) is 11.6. The second-order valence-corrected chi connectivity index (χ2v) is 9.57. The van der Waals surface area contributed by atoms with Crippen LogP contribution in [0.25, 0.3) is 0 Å². The average Bonchev–Trinajstić information content (AvgIpc) is 3.50. The van der Waals surface area contributed by atoms with Crippen LogP contribution in [0.15, 0.2) is 30.5 Å². The fraction of sp³-hybridized carbons (Fsp3) is 0.542. The number of rotatable bonds is 7. The topological polar surface area (TPSA) is 113 Å². The molecule has 0 bridgehead atoms. The molecule has 0 radical (unpaired) electrons. The number of nitrogens with zero attached hydrogens (tertiary/aromatic N) is 3. The number of primary amides is 1. The van der Waals surface area contributed by atoms with E-state index in [-0.39, 0.29) is 29.7 Å². The molecular weight excluding hydrogens is 406 g/mol. The summed E-state index contributed by atoms with van der Waals surface area (Å²) in [6.45, 7) is 3.11. The minimum atomic E-state index is -0.642. The number of hydrogen-bond donors (Lipinski definition) is 3. The molecule has 8 nitrogen and oxygen atoms in total. The number of nitrogens with one attached hydrogen (secondary N) is 1. The number of imidazole rings is 1. The molecule has 0 saturated heterocycles. The summed E-state index contributed by atoms with van der Waals surface area (Å²) in [4.78, 5) is 31.2. The van der Waals surface area contributed by atoms with Crippen molar-refractivity contribution in [2.75, 3.05) is 19.6 Å². The number of carbonyl (C=O) groups is 2. The number of carbonyl (C=O) groups excluding carboxylic acids is 2. The highest BCUT2D eigenvalue weighted by molar-refractivity contribution is 5.92. The summed E-state index contributed by atoms with van der Waals surface area (Å²) in [5.41, 5.74) is 8.33. The summed E-state index contributed by atoms with van der Waals surface area (Å²) in [7, 11) is 0. The van der Waals surface area contributed by atoms with Gasteiger partial charge < -0.3 is 20.7 Å². The van der Waals surface area contributed by atoms with Crippen molar-refractivity contribution in [1.82, 2.24) is 19.8 Å². The molecule has 1 saturated carbocycles. The minimum absolute atomic E-state index is 0.187. The molecule has 2 atom stereocenters. The maximum absolute atomic E-state index is 12.6. The molecule has 1 aromatic heterocycles. The summed E-state index contributed by atoms with van der Waals surface area (Å²) >= 11 is 0. The third-order valence-electron chi connectivity index (χ3n) is 7.46. The molecule has 2 aromatic rings. The number of benzene rings is 1. The lowest BCUT2D eigenvalue weighted by atomic mass is 9.83. The molecule has 0 spiro atoms. The Morgan fingerprint density at radius 3 is 2.78 bits per heavy atom. The summed E-state index contributed by atoms with van der Waals surface area (Å²) in [5, 5.41) is 13.3. The number of β-amino-alcohol motifs (C(OH)–C–C–N with tert-alkyl or cyclic N) is 1. The Hall–Kier alpha value is -2.71. The van der Waals surface area contributed by atoms with Crippen LogP contribution in [-0.4, -0.2) is 57.1 Å². The molecule has 4 N–H and O–H groups in total. The number of amides is 2. The molecular formula is C24H31N5O3. The van der Waals surface area contributed by atoms with Crippen molar-refractivity contribution in [3.05, 3.63) is 53.1 Å². The van der Waals surface area contributed by atoms with Crippen LogP contribution in [0.1, 0.15) is 46.7 Å². The summed E-state index contributed by atoms with van der Waals surface area (Å²) in [6.07, 6.45) is 5.45. The first kappa shape index (κ1) is 21.2. The van der Waals surface area contributed by atoms with Crippen molar-refractivity contribution >= 4 is 11.8 Å². The zero-order valence-corrected chi connectivity index (χ0v) is 18.3. The van der Waals surface area contributed by atoms with Gasteiger partial charge in [-0.3, -0.25) is 14.5 Å². The van der Waals surface area contributed by atoms with Gasteiger partial charge in [-0.2, -0.15) is 0 Å². The van der Waals surface area contributed by atoms with Crippen LogP contribution < -0.4 is 11.1 Å². The Morgan fingerprint density at radius 2 is 2.03 bits per heavy atom. The maximum Gasteiger partial charge on any atom is 0.271 e. The Kier molecular flexibility index (Phi) is 5.51. The highest BCUT2D eigenvalue weighted by Gasteiger charge is 2.54. The van der Waals surface area contributed by atoms with Gasteiger partial charge in [0, 0.05) is 45.3 Å². The molecule has 1 aromatic carbocycles. The predicted molar refractivity (Wildman–Crippen MR) is 119 cm³/mol. The van der Waals surface area contributed by atoms with Gasteiger partial charge in [-0.1, -0.05) is 24.3 Å². The SMILES string of the molecule is NC(=O)C1(C2CCc3nc(C(=O)NC[C@H](O)CN4CCc5ccccc5C4)cn3C2)CC1. The molecule has 3 aliphatic rings. The molecule has 2 amide bonds. The Labute approximate surface area is 187 Å². The number of aromatic nitrogens is 2. The van der Waals surface area contributed by atoms with E-state index in [0.717, 1.165) is 51.0 Å². The Morgan fingerprint density at radius 1 is 1.25 bits per heavy atom. The van der Waals surface area contributed by atoms with Gasteiger partial charge in [0.15, 0.2) is 0 Å². The molecule has 5 rings (SSSR count). The third kappa shape index (κ3) is 4.04. The van der Waals surface area contributed by atoms with Crippen molar-refractivity contribution in [1.29, 1.82) is 0 Å². The highest BCUT2D eigenvalue weighted by atomic mass is 16.3. The molecule has 2 aliphatic heterocycles. The highest BCUT2D eigenvalue weighted by Crippen LogP contribution is 2.54. The summed E-state index contributed by atoms with van der Waals surface area (Å²) < 4.78 is 1.99. The second-order valence-electron chi connectivity index (χ2n) is 9.57. The third-order valence-corrected chi connectivity index (χ3v) is 7.46. The van der Waals surface area contributed by atoms with E-state index >= 15 is 0 Å². The van der Waals surface area contributed by atoms with E-state index in [1.165, 1.54) is 11.1 Å². The molecule has 170 valence electrons. The molecule has 1 fully saturated rings. The zero-order valence-electron chi connectivity index (χ0n) is 18.3. The molecule has 8 heteroatoms. The monoisotopic (exact) mass is 437 g/mol. The summed E-state index contributed by atoms with van der Waals surface area (Å²) in [5.74, 6) is 0.617. The molecule has 3 heterocycles. The molecule has 1 unspecified atom stereocenters. The van der Waals surface area contributed by atoms with Crippen molar-refractivity contribution in [2.24, 2.45) is 17.1 Å². The fourth-order valence-corrected chi connectivity index (χ4v) is 5.37. The largest absolute Gasteiger partial charge is 0.390 e. The van der Waals surface area contributed by atoms with Gasteiger partial charge in [-0.15, -0.1) is 0 Å². The lowest BCUT2D eigenvalue weighted by Gasteiger charge is -2.30. The minimum Gasteiger partial charge on any atom is -0.390 e. The van der Waals surface area contributed by atoms with Crippen molar-refractivity contribution in [3.8, 4) is 0 Å². The van der Waals surface area contributed by atoms with Crippen LogP contribution in [-0.2, 0) is 30.7 Å². The number of aryl methyl sites for hydroxylation is 1. The van der Waals surface area contributed by atoms with Crippen molar-refractivity contribution < 1.29 is 14.7 Å². The number of aliphatic hydroxyl groups is 1. The van der Waals surface area contributed by atoms with Gasteiger partial charge in [0.2, 0.25) is 5.91 Å². The number of hydrogen-bond acceptors (Lipinski definition) is 5. The van der Waals surface area contributed by atoms with E-state index in [0.29, 0.717) is 18.8 Å². The van der Waals surface area contributed by atoms with Gasteiger partial charge in [0.05, 0.1) is 11.5 Å². The van der Waals surface area contributed by atoms with Gasteiger partial charge in [-0.05, 0) is 42.7 Å².